The fourth-order valence-electron chi connectivity index (χ4n) is 2.92. The molecule has 5 nitrogen and oxygen atoms in total. The number of fused-ring (bicyclic) bond motifs is 1. The van der Waals surface area contributed by atoms with Crippen LogP contribution >= 0.6 is 11.6 Å². The summed E-state index contributed by atoms with van der Waals surface area (Å²) in [5.41, 5.74) is 1.98. The highest BCUT2D eigenvalue weighted by Crippen LogP contribution is 2.38. The zero-order valence-electron chi connectivity index (χ0n) is 14.6. The van der Waals surface area contributed by atoms with Gasteiger partial charge >= 0.3 is 0 Å². The Labute approximate surface area is 156 Å². The maximum absolute atomic E-state index is 12.2. The van der Waals surface area contributed by atoms with Gasteiger partial charge in [0, 0.05) is 29.8 Å². The molecule has 3 rings (SSSR count). The Morgan fingerprint density at radius 1 is 1.12 bits per heavy atom. The molecule has 1 aliphatic heterocycles. The van der Waals surface area contributed by atoms with Crippen LogP contribution in [0.25, 0.3) is 0 Å². The second kappa shape index (κ2) is 6.92. The Hall–Kier alpha value is -2.66. The second-order valence-electron chi connectivity index (χ2n) is 6.79. The van der Waals surface area contributed by atoms with Crippen molar-refractivity contribution in [2.75, 3.05) is 10.6 Å². The van der Waals surface area contributed by atoms with E-state index in [1.807, 2.05) is 13.8 Å². The first kappa shape index (κ1) is 18.1. The zero-order chi connectivity index (χ0) is 18.9. The molecule has 0 aromatic heterocycles. The molecule has 0 fully saturated rings. The standard InChI is InChI=1S/C20H19ClN2O3/c1-20(2)14-11-12(7-8-16(14)23-19(20)26)22-18(25)10-9-17(24)13-5-3-4-6-15(13)21/h3-8,11H,9-10H2,1-2H3,(H,22,25)(H,23,26). The average molecular weight is 371 g/mol. The van der Waals surface area contributed by atoms with Gasteiger partial charge in [0.25, 0.3) is 0 Å². The summed E-state index contributed by atoms with van der Waals surface area (Å²) in [6, 6.07) is 12.1. The molecule has 2 aromatic carbocycles. The number of nitrogens with one attached hydrogen (secondary N) is 2. The predicted octanol–water partition coefficient (Wildman–Crippen LogP) is 4.17. The lowest BCUT2D eigenvalue weighted by Gasteiger charge is -2.16. The van der Waals surface area contributed by atoms with Crippen LogP contribution in [0.15, 0.2) is 42.5 Å². The molecule has 1 aliphatic rings. The molecule has 0 saturated heterocycles. The van der Waals surface area contributed by atoms with Crippen LogP contribution in [0.4, 0.5) is 11.4 Å². The average Bonchev–Trinajstić information content (AvgIpc) is 2.83. The molecular weight excluding hydrogens is 352 g/mol. The maximum Gasteiger partial charge on any atom is 0.234 e. The van der Waals surface area contributed by atoms with Gasteiger partial charge in [-0.2, -0.15) is 0 Å². The van der Waals surface area contributed by atoms with Crippen molar-refractivity contribution in [3.8, 4) is 0 Å². The van der Waals surface area contributed by atoms with Crippen LogP contribution in [0.2, 0.25) is 5.02 Å². The van der Waals surface area contributed by atoms with Crippen molar-refractivity contribution in [1.29, 1.82) is 0 Å². The number of hydrogen-bond acceptors (Lipinski definition) is 3. The first-order chi connectivity index (χ1) is 12.3. The number of Topliss-reactive ketones (excluding diaryl/α,β-unsaturated/α-hetero) is 1. The van der Waals surface area contributed by atoms with Crippen molar-refractivity contribution in [2.45, 2.75) is 32.1 Å². The Bertz CT molecular complexity index is 906. The molecule has 6 heteroatoms. The monoisotopic (exact) mass is 370 g/mol. The van der Waals surface area contributed by atoms with E-state index in [4.69, 9.17) is 11.6 Å². The highest BCUT2D eigenvalue weighted by atomic mass is 35.5. The van der Waals surface area contributed by atoms with Gasteiger partial charge in [-0.15, -0.1) is 0 Å². The van der Waals surface area contributed by atoms with Gasteiger partial charge < -0.3 is 10.6 Å². The van der Waals surface area contributed by atoms with Crippen molar-refractivity contribution in [1.82, 2.24) is 0 Å². The van der Waals surface area contributed by atoms with Gasteiger partial charge in [-0.05, 0) is 49.7 Å². The number of amides is 2. The van der Waals surface area contributed by atoms with Crippen LogP contribution in [-0.2, 0) is 15.0 Å². The quantitative estimate of drug-likeness (QED) is 0.775. The lowest BCUT2D eigenvalue weighted by molar-refractivity contribution is -0.119. The lowest BCUT2D eigenvalue weighted by Crippen LogP contribution is -2.26. The van der Waals surface area contributed by atoms with Gasteiger partial charge in [0.2, 0.25) is 11.8 Å². The van der Waals surface area contributed by atoms with Crippen molar-refractivity contribution < 1.29 is 14.4 Å². The Morgan fingerprint density at radius 2 is 1.85 bits per heavy atom. The minimum atomic E-state index is -0.643. The molecule has 2 N–H and O–H groups in total. The fraction of sp³-hybridized carbons (Fsp3) is 0.250. The molecule has 134 valence electrons. The summed E-state index contributed by atoms with van der Waals surface area (Å²) in [7, 11) is 0. The highest BCUT2D eigenvalue weighted by Gasteiger charge is 2.38. The topological polar surface area (TPSA) is 75.3 Å². The summed E-state index contributed by atoms with van der Waals surface area (Å²) in [5.74, 6) is -0.502. The smallest absolute Gasteiger partial charge is 0.234 e. The van der Waals surface area contributed by atoms with E-state index in [0.717, 1.165) is 11.3 Å². The summed E-state index contributed by atoms with van der Waals surface area (Å²) < 4.78 is 0. The van der Waals surface area contributed by atoms with Crippen LogP contribution in [-0.4, -0.2) is 17.6 Å². The number of carbonyl (C=O) groups is 3. The molecule has 1 heterocycles. The molecule has 2 aromatic rings. The molecule has 0 atom stereocenters. The number of ketones is 1. The molecule has 26 heavy (non-hydrogen) atoms. The second-order valence-corrected chi connectivity index (χ2v) is 7.20. The van der Waals surface area contributed by atoms with Gasteiger partial charge in [0.05, 0.1) is 10.4 Å². The van der Waals surface area contributed by atoms with E-state index >= 15 is 0 Å². The summed E-state index contributed by atoms with van der Waals surface area (Å²) in [6.45, 7) is 3.67. The van der Waals surface area contributed by atoms with E-state index in [9.17, 15) is 14.4 Å². The Morgan fingerprint density at radius 3 is 2.58 bits per heavy atom. The van der Waals surface area contributed by atoms with E-state index in [1.165, 1.54) is 0 Å². The summed E-state index contributed by atoms with van der Waals surface area (Å²) in [6.07, 6.45) is 0.133. The van der Waals surface area contributed by atoms with Crippen molar-refractivity contribution in [3.63, 3.8) is 0 Å². The predicted molar refractivity (Wildman–Crippen MR) is 102 cm³/mol. The molecule has 0 aliphatic carbocycles. The largest absolute Gasteiger partial charge is 0.326 e. The van der Waals surface area contributed by atoms with E-state index in [2.05, 4.69) is 10.6 Å². The third kappa shape index (κ3) is 3.48. The number of halogens is 1. The Kier molecular flexibility index (Phi) is 4.83. The molecule has 0 bridgehead atoms. The zero-order valence-corrected chi connectivity index (χ0v) is 15.3. The van der Waals surface area contributed by atoms with Gasteiger partial charge in [0.15, 0.2) is 5.78 Å². The summed E-state index contributed by atoms with van der Waals surface area (Å²) >= 11 is 6.00. The number of carbonyl (C=O) groups excluding carboxylic acids is 3. The molecule has 0 saturated carbocycles. The summed E-state index contributed by atoms with van der Waals surface area (Å²) in [4.78, 5) is 36.3. The van der Waals surface area contributed by atoms with Crippen LogP contribution in [0, 0.1) is 0 Å². The van der Waals surface area contributed by atoms with E-state index in [1.54, 1.807) is 42.5 Å². The van der Waals surface area contributed by atoms with Gasteiger partial charge in [-0.3, -0.25) is 14.4 Å². The van der Waals surface area contributed by atoms with E-state index in [0.29, 0.717) is 16.3 Å². The molecule has 2 amide bonds. The lowest BCUT2D eigenvalue weighted by atomic mass is 9.86. The first-order valence-corrected chi connectivity index (χ1v) is 8.70. The number of benzene rings is 2. The molecule has 0 spiro atoms. The number of rotatable bonds is 5. The normalized spacial score (nSPS) is 14.5. The SMILES string of the molecule is CC1(C)C(=O)Nc2ccc(NC(=O)CCC(=O)c3ccccc3Cl)cc21. The van der Waals surface area contributed by atoms with Crippen LogP contribution in [0.5, 0.6) is 0 Å². The van der Waals surface area contributed by atoms with Gasteiger partial charge in [-0.25, -0.2) is 0 Å². The third-order valence-electron chi connectivity index (χ3n) is 4.55. The van der Waals surface area contributed by atoms with Crippen LogP contribution in [0.3, 0.4) is 0 Å². The molecular formula is C20H19ClN2O3. The van der Waals surface area contributed by atoms with Crippen molar-refractivity contribution in [2.24, 2.45) is 0 Å². The molecule has 0 unspecified atom stereocenters. The molecule has 0 radical (unpaired) electrons. The van der Waals surface area contributed by atoms with Crippen molar-refractivity contribution in [3.05, 3.63) is 58.6 Å². The van der Waals surface area contributed by atoms with Gasteiger partial charge in [0.1, 0.15) is 0 Å². The minimum Gasteiger partial charge on any atom is -0.326 e. The third-order valence-corrected chi connectivity index (χ3v) is 4.88. The highest BCUT2D eigenvalue weighted by molar-refractivity contribution is 6.34. The summed E-state index contributed by atoms with van der Waals surface area (Å²) in [5, 5.41) is 5.99. The van der Waals surface area contributed by atoms with Crippen LogP contribution < -0.4 is 10.6 Å². The first-order valence-electron chi connectivity index (χ1n) is 8.32. The number of anilines is 2. The van der Waals surface area contributed by atoms with E-state index < -0.39 is 5.41 Å². The van der Waals surface area contributed by atoms with Crippen LogP contribution in [0.1, 0.15) is 42.6 Å². The maximum atomic E-state index is 12.2. The fourth-order valence-corrected chi connectivity index (χ4v) is 3.16. The van der Waals surface area contributed by atoms with Crippen molar-refractivity contribution >= 4 is 40.6 Å². The van der Waals surface area contributed by atoms with E-state index in [-0.39, 0.29) is 30.4 Å². The Balaban J connectivity index is 1.63. The van der Waals surface area contributed by atoms with Gasteiger partial charge in [-0.1, -0.05) is 23.7 Å². The number of hydrogen-bond donors (Lipinski definition) is 2. The minimum absolute atomic E-state index is 0.0573.